The van der Waals surface area contributed by atoms with Gasteiger partial charge in [-0.15, -0.1) is 0 Å². The van der Waals surface area contributed by atoms with Gasteiger partial charge in [0.1, 0.15) is 5.03 Å². The highest BCUT2D eigenvalue weighted by atomic mass is 35.5. The number of hydrogen-bond donors (Lipinski definition) is 1. The summed E-state index contributed by atoms with van der Waals surface area (Å²) in [4.78, 5) is 5.33. The first-order valence-electron chi connectivity index (χ1n) is 6.84. The molecule has 1 N–H and O–H groups in total. The second-order valence-corrected chi connectivity index (χ2v) is 6.96. The average molecular weight is 341 g/mol. The molecule has 1 aromatic heterocycles. The Morgan fingerprint density at radius 2 is 1.90 bits per heavy atom. The largest absolute Gasteiger partial charge is 0.312 e. The van der Waals surface area contributed by atoms with Gasteiger partial charge in [0.2, 0.25) is 0 Å². The number of pyridine rings is 1. The Hall–Kier alpha value is -0.740. The number of hydrogen-bond acceptors (Lipinski definition) is 3. The molecular formula is C16H18Cl2N2S. The van der Waals surface area contributed by atoms with E-state index in [4.69, 9.17) is 23.2 Å². The zero-order valence-electron chi connectivity index (χ0n) is 12.1. The van der Waals surface area contributed by atoms with Gasteiger partial charge < -0.3 is 5.32 Å². The maximum atomic E-state index is 6.35. The van der Waals surface area contributed by atoms with Gasteiger partial charge >= 0.3 is 0 Å². The summed E-state index contributed by atoms with van der Waals surface area (Å²) in [5.74, 6) is 0.616. The van der Waals surface area contributed by atoms with Crippen LogP contribution in [0.2, 0.25) is 10.0 Å². The molecule has 0 unspecified atom stereocenters. The number of aromatic nitrogens is 1. The molecule has 112 valence electrons. The van der Waals surface area contributed by atoms with E-state index in [1.54, 1.807) is 6.20 Å². The van der Waals surface area contributed by atoms with Gasteiger partial charge in [-0.3, -0.25) is 0 Å². The Morgan fingerprint density at radius 3 is 2.62 bits per heavy atom. The summed E-state index contributed by atoms with van der Waals surface area (Å²) in [6, 6.07) is 9.61. The van der Waals surface area contributed by atoms with E-state index in [0.29, 0.717) is 10.9 Å². The fourth-order valence-corrected chi connectivity index (χ4v) is 3.30. The van der Waals surface area contributed by atoms with Gasteiger partial charge in [-0.25, -0.2) is 4.98 Å². The highest BCUT2D eigenvalue weighted by Gasteiger charge is 2.11. The van der Waals surface area contributed by atoms with Gasteiger partial charge in [-0.1, -0.05) is 60.9 Å². The molecule has 0 radical (unpaired) electrons. The van der Waals surface area contributed by atoms with E-state index in [2.05, 4.69) is 30.2 Å². The van der Waals surface area contributed by atoms with Crippen LogP contribution in [0.25, 0.3) is 0 Å². The fourth-order valence-electron chi connectivity index (χ4n) is 1.85. The third-order valence-corrected chi connectivity index (χ3v) is 4.89. The standard InChI is InChI=1S/C16H18Cl2N2S/c1-11(2)9-19-10-12-5-3-6-13(17)15(12)21-16-14(18)7-4-8-20-16/h3-8,11,19H,9-10H2,1-2H3. The summed E-state index contributed by atoms with van der Waals surface area (Å²) < 4.78 is 0. The molecule has 2 rings (SSSR count). The zero-order valence-corrected chi connectivity index (χ0v) is 14.4. The maximum absolute atomic E-state index is 6.35. The highest BCUT2D eigenvalue weighted by molar-refractivity contribution is 7.99. The molecule has 0 fully saturated rings. The lowest BCUT2D eigenvalue weighted by Gasteiger charge is -2.13. The van der Waals surface area contributed by atoms with Crippen molar-refractivity contribution in [2.24, 2.45) is 5.92 Å². The van der Waals surface area contributed by atoms with Crippen LogP contribution < -0.4 is 5.32 Å². The topological polar surface area (TPSA) is 24.9 Å². The molecule has 2 aromatic rings. The molecule has 0 amide bonds. The minimum Gasteiger partial charge on any atom is -0.312 e. The van der Waals surface area contributed by atoms with Gasteiger partial charge in [-0.05, 0) is 36.2 Å². The number of rotatable bonds is 6. The van der Waals surface area contributed by atoms with Crippen molar-refractivity contribution in [3.05, 3.63) is 52.1 Å². The Balaban J connectivity index is 2.20. The third-order valence-electron chi connectivity index (χ3n) is 2.84. The van der Waals surface area contributed by atoms with E-state index in [0.717, 1.165) is 33.6 Å². The van der Waals surface area contributed by atoms with E-state index in [1.807, 2.05) is 24.3 Å². The number of benzene rings is 1. The molecule has 0 bridgehead atoms. The number of nitrogens with zero attached hydrogens (tertiary/aromatic N) is 1. The van der Waals surface area contributed by atoms with E-state index < -0.39 is 0 Å². The second-order valence-electron chi connectivity index (χ2n) is 5.15. The Bertz CT molecular complexity index is 603. The lowest BCUT2D eigenvalue weighted by Crippen LogP contribution is -2.19. The van der Waals surface area contributed by atoms with Gasteiger partial charge in [0.05, 0.1) is 10.0 Å². The van der Waals surface area contributed by atoms with Crippen molar-refractivity contribution in [3.63, 3.8) is 0 Å². The van der Waals surface area contributed by atoms with Crippen LogP contribution >= 0.6 is 35.0 Å². The van der Waals surface area contributed by atoms with Gasteiger partial charge in [-0.2, -0.15) is 0 Å². The minimum atomic E-state index is 0.616. The molecule has 0 atom stereocenters. The van der Waals surface area contributed by atoms with Crippen LogP contribution in [0.4, 0.5) is 0 Å². The van der Waals surface area contributed by atoms with Gasteiger partial charge in [0.15, 0.2) is 0 Å². The number of halogens is 2. The van der Waals surface area contributed by atoms with Crippen LogP contribution in [0.5, 0.6) is 0 Å². The van der Waals surface area contributed by atoms with Crippen LogP contribution in [0.1, 0.15) is 19.4 Å². The summed E-state index contributed by atoms with van der Waals surface area (Å²) in [5.41, 5.74) is 1.16. The Kier molecular flexibility index (Phi) is 6.37. The lowest BCUT2D eigenvalue weighted by molar-refractivity contribution is 0.550. The first-order chi connectivity index (χ1) is 10.1. The van der Waals surface area contributed by atoms with Crippen molar-refractivity contribution in [1.29, 1.82) is 0 Å². The summed E-state index contributed by atoms with van der Waals surface area (Å²) in [6.45, 7) is 6.13. The van der Waals surface area contributed by atoms with E-state index in [9.17, 15) is 0 Å². The molecule has 2 nitrogen and oxygen atoms in total. The zero-order chi connectivity index (χ0) is 15.2. The van der Waals surface area contributed by atoms with E-state index in [-0.39, 0.29) is 0 Å². The predicted octanol–water partition coefficient (Wildman–Crippen LogP) is 5.29. The molecule has 21 heavy (non-hydrogen) atoms. The average Bonchev–Trinajstić information content (AvgIpc) is 2.44. The summed E-state index contributed by atoms with van der Waals surface area (Å²) in [5, 5.41) is 5.59. The van der Waals surface area contributed by atoms with Crippen molar-refractivity contribution in [2.45, 2.75) is 30.3 Å². The van der Waals surface area contributed by atoms with Crippen LogP contribution in [0.3, 0.4) is 0 Å². The molecule has 0 aliphatic heterocycles. The van der Waals surface area contributed by atoms with E-state index in [1.165, 1.54) is 11.8 Å². The molecule has 1 heterocycles. The SMILES string of the molecule is CC(C)CNCc1cccc(Cl)c1Sc1ncccc1Cl. The van der Waals surface area contributed by atoms with Crippen molar-refractivity contribution < 1.29 is 0 Å². The first kappa shape index (κ1) is 16.6. The smallest absolute Gasteiger partial charge is 0.119 e. The summed E-state index contributed by atoms with van der Waals surface area (Å²) in [6.07, 6.45) is 1.74. The molecule has 0 saturated heterocycles. The Labute approximate surface area is 140 Å². The van der Waals surface area contributed by atoms with Crippen molar-refractivity contribution >= 4 is 35.0 Å². The lowest BCUT2D eigenvalue weighted by atomic mass is 10.2. The quantitative estimate of drug-likeness (QED) is 0.773. The van der Waals surface area contributed by atoms with Crippen LogP contribution in [0.15, 0.2) is 46.5 Å². The van der Waals surface area contributed by atoms with E-state index >= 15 is 0 Å². The number of nitrogens with one attached hydrogen (secondary N) is 1. The predicted molar refractivity (Wildman–Crippen MR) is 91.4 cm³/mol. The molecular weight excluding hydrogens is 323 g/mol. The molecule has 0 saturated carbocycles. The van der Waals surface area contributed by atoms with Crippen molar-refractivity contribution in [3.8, 4) is 0 Å². The molecule has 0 aliphatic carbocycles. The molecule has 1 aromatic carbocycles. The van der Waals surface area contributed by atoms with Gasteiger partial charge in [0.25, 0.3) is 0 Å². The monoisotopic (exact) mass is 340 g/mol. The first-order valence-corrected chi connectivity index (χ1v) is 8.41. The molecule has 5 heteroatoms. The summed E-state index contributed by atoms with van der Waals surface area (Å²) >= 11 is 14.0. The van der Waals surface area contributed by atoms with Gasteiger partial charge in [0, 0.05) is 17.6 Å². The second kappa shape index (κ2) is 8.04. The van der Waals surface area contributed by atoms with Crippen molar-refractivity contribution in [1.82, 2.24) is 10.3 Å². The van der Waals surface area contributed by atoms with Crippen LogP contribution in [-0.2, 0) is 6.54 Å². The maximum Gasteiger partial charge on any atom is 0.119 e. The fraction of sp³-hybridized carbons (Fsp3) is 0.312. The molecule has 0 aliphatic rings. The normalized spacial score (nSPS) is 11.1. The molecule has 0 spiro atoms. The third kappa shape index (κ3) is 4.89. The summed E-state index contributed by atoms with van der Waals surface area (Å²) in [7, 11) is 0. The Morgan fingerprint density at radius 1 is 1.14 bits per heavy atom. The van der Waals surface area contributed by atoms with Crippen LogP contribution in [-0.4, -0.2) is 11.5 Å². The highest BCUT2D eigenvalue weighted by Crippen LogP contribution is 2.37. The van der Waals surface area contributed by atoms with Crippen molar-refractivity contribution in [2.75, 3.05) is 6.54 Å². The minimum absolute atomic E-state index is 0.616. The van der Waals surface area contributed by atoms with Crippen LogP contribution in [0, 0.1) is 5.92 Å².